The predicted octanol–water partition coefficient (Wildman–Crippen LogP) is 0.789. The number of hydrogen-bond donors (Lipinski definition) is 1. The van der Waals surface area contributed by atoms with Crippen LogP contribution in [0, 0.1) is 6.92 Å². The molecule has 0 unspecified atom stereocenters. The van der Waals surface area contributed by atoms with Gasteiger partial charge in [-0.15, -0.1) is 0 Å². The zero-order chi connectivity index (χ0) is 10.7. The van der Waals surface area contributed by atoms with Crippen LogP contribution in [0.1, 0.15) is 12.1 Å². The second-order valence-electron chi connectivity index (χ2n) is 2.79. The fourth-order valence-electron chi connectivity index (χ4n) is 0.922. The first-order chi connectivity index (χ1) is 6.52. The van der Waals surface area contributed by atoms with Crippen LogP contribution >= 0.6 is 15.9 Å². The summed E-state index contributed by atoms with van der Waals surface area (Å²) in [7, 11) is 0. The van der Waals surface area contributed by atoms with Crippen molar-refractivity contribution >= 4 is 21.9 Å². The Balaban J connectivity index is 2.95. The molecule has 0 bridgehead atoms. The average Bonchev–Trinajstić information content (AvgIpc) is 2.13. The van der Waals surface area contributed by atoms with Gasteiger partial charge in [-0.1, -0.05) is 0 Å². The molecule has 1 heterocycles. The number of aromatic nitrogens is 2. The van der Waals surface area contributed by atoms with E-state index in [1.165, 1.54) is 10.9 Å². The van der Waals surface area contributed by atoms with Crippen molar-refractivity contribution in [3.63, 3.8) is 0 Å². The molecule has 76 valence electrons. The standard InChI is InChI=1S/C8H9BrN2O3/c1-5-7(9)8(14)11(4-10-5)3-2-6(12)13/h4H,2-3H2,1H3,(H,12,13). The minimum absolute atomic E-state index is 0.0862. The lowest BCUT2D eigenvalue weighted by molar-refractivity contribution is -0.137. The van der Waals surface area contributed by atoms with Gasteiger partial charge in [0.15, 0.2) is 0 Å². The van der Waals surface area contributed by atoms with E-state index in [9.17, 15) is 9.59 Å². The van der Waals surface area contributed by atoms with Crippen molar-refractivity contribution in [1.82, 2.24) is 9.55 Å². The fourth-order valence-corrected chi connectivity index (χ4v) is 1.25. The number of rotatable bonds is 3. The third-order valence-corrected chi connectivity index (χ3v) is 2.64. The molecule has 1 aromatic rings. The van der Waals surface area contributed by atoms with Crippen molar-refractivity contribution in [2.75, 3.05) is 0 Å². The van der Waals surface area contributed by atoms with E-state index < -0.39 is 5.97 Å². The third-order valence-electron chi connectivity index (χ3n) is 1.72. The highest BCUT2D eigenvalue weighted by Gasteiger charge is 2.06. The number of hydrogen-bond acceptors (Lipinski definition) is 3. The summed E-state index contributed by atoms with van der Waals surface area (Å²) in [5.41, 5.74) is 0.348. The van der Waals surface area contributed by atoms with Crippen LogP contribution in [0.2, 0.25) is 0 Å². The SMILES string of the molecule is Cc1ncn(CCC(=O)O)c(=O)c1Br. The Kier molecular flexibility index (Phi) is 3.40. The Hall–Kier alpha value is -1.17. The average molecular weight is 261 g/mol. The van der Waals surface area contributed by atoms with Gasteiger partial charge in [-0.2, -0.15) is 0 Å². The molecule has 0 aliphatic rings. The van der Waals surface area contributed by atoms with Gasteiger partial charge >= 0.3 is 5.97 Å². The lowest BCUT2D eigenvalue weighted by atomic mass is 10.4. The molecule has 14 heavy (non-hydrogen) atoms. The summed E-state index contributed by atoms with van der Waals surface area (Å²) >= 11 is 3.09. The van der Waals surface area contributed by atoms with Gasteiger partial charge < -0.3 is 5.11 Å². The van der Waals surface area contributed by atoms with Crippen LogP contribution in [-0.4, -0.2) is 20.6 Å². The summed E-state index contributed by atoms with van der Waals surface area (Å²) in [4.78, 5) is 25.7. The Morgan fingerprint density at radius 2 is 2.36 bits per heavy atom. The van der Waals surface area contributed by atoms with E-state index in [4.69, 9.17) is 5.11 Å². The van der Waals surface area contributed by atoms with Crippen LogP contribution in [0.5, 0.6) is 0 Å². The van der Waals surface area contributed by atoms with E-state index in [1.54, 1.807) is 6.92 Å². The maximum absolute atomic E-state index is 11.5. The quantitative estimate of drug-likeness (QED) is 0.873. The Morgan fingerprint density at radius 3 is 2.93 bits per heavy atom. The Bertz CT molecular complexity index is 414. The van der Waals surface area contributed by atoms with E-state index in [2.05, 4.69) is 20.9 Å². The van der Waals surface area contributed by atoms with Crippen LogP contribution < -0.4 is 5.56 Å². The van der Waals surface area contributed by atoms with Crippen molar-refractivity contribution in [1.29, 1.82) is 0 Å². The second-order valence-corrected chi connectivity index (χ2v) is 3.58. The number of carboxylic acids is 1. The van der Waals surface area contributed by atoms with E-state index in [1.807, 2.05) is 0 Å². The van der Waals surface area contributed by atoms with Crippen LogP contribution in [0.25, 0.3) is 0 Å². The Morgan fingerprint density at radius 1 is 1.71 bits per heavy atom. The number of carbonyl (C=O) groups is 1. The lowest BCUT2D eigenvalue weighted by Crippen LogP contribution is -2.23. The summed E-state index contributed by atoms with van der Waals surface area (Å²) < 4.78 is 1.65. The van der Waals surface area contributed by atoms with Gasteiger partial charge in [0.25, 0.3) is 5.56 Å². The van der Waals surface area contributed by atoms with Crippen LogP contribution in [0.4, 0.5) is 0 Å². The van der Waals surface area contributed by atoms with Crippen LogP contribution in [-0.2, 0) is 11.3 Å². The predicted molar refractivity (Wildman–Crippen MR) is 53.2 cm³/mol. The first-order valence-corrected chi connectivity index (χ1v) is 4.75. The molecule has 1 rings (SSSR count). The Labute approximate surface area is 88.5 Å². The first kappa shape index (κ1) is 10.9. The molecule has 0 spiro atoms. The highest BCUT2D eigenvalue weighted by molar-refractivity contribution is 9.10. The topological polar surface area (TPSA) is 72.2 Å². The minimum Gasteiger partial charge on any atom is -0.481 e. The van der Waals surface area contributed by atoms with Crippen molar-refractivity contribution in [2.24, 2.45) is 0 Å². The molecule has 6 heteroatoms. The third kappa shape index (κ3) is 2.41. The van der Waals surface area contributed by atoms with E-state index in [0.717, 1.165) is 0 Å². The number of carboxylic acid groups (broad SMARTS) is 1. The van der Waals surface area contributed by atoms with Gasteiger partial charge in [-0.05, 0) is 22.9 Å². The molecule has 1 N–H and O–H groups in total. The zero-order valence-corrected chi connectivity index (χ0v) is 9.11. The van der Waals surface area contributed by atoms with Gasteiger partial charge in [-0.3, -0.25) is 14.2 Å². The molecule has 0 saturated heterocycles. The monoisotopic (exact) mass is 260 g/mol. The van der Waals surface area contributed by atoms with Crippen molar-refractivity contribution in [3.05, 3.63) is 26.8 Å². The van der Waals surface area contributed by atoms with Gasteiger partial charge in [-0.25, -0.2) is 4.98 Å². The largest absolute Gasteiger partial charge is 0.481 e. The van der Waals surface area contributed by atoms with E-state index in [-0.39, 0.29) is 18.5 Å². The van der Waals surface area contributed by atoms with Gasteiger partial charge in [0.05, 0.1) is 18.4 Å². The first-order valence-electron chi connectivity index (χ1n) is 3.95. The number of halogens is 1. The molecule has 0 saturated carbocycles. The summed E-state index contributed by atoms with van der Waals surface area (Å²) in [5, 5.41) is 8.44. The highest BCUT2D eigenvalue weighted by Crippen LogP contribution is 2.06. The highest BCUT2D eigenvalue weighted by atomic mass is 79.9. The molecular formula is C8H9BrN2O3. The molecule has 0 atom stereocenters. The molecule has 0 aliphatic heterocycles. The summed E-state index contributed by atoms with van der Waals surface area (Å²) in [6.45, 7) is 1.84. The van der Waals surface area contributed by atoms with Crippen LogP contribution in [0.3, 0.4) is 0 Å². The molecule has 1 aromatic heterocycles. The smallest absolute Gasteiger partial charge is 0.305 e. The molecule has 0 aliphatic carbocycles. The van der Waals surface area contributed by atoms with Gasteiger partial charge in [0, 0.05) is 6.54 Å². The van der Waals surface area contributed by atoms with Crippen molar-refractivity contribution in [3.8, 4) is 0 Å². The van der Waals surface area contributed by atoms with Crippen LogP contribution in [0.15, 0.2) is 15.6 Å². The summed E-state index contributed by atoms with van der Waals surface area (Å²) in [6, 6.07) is 0. The molecule has 5 nitrogen and oxygen atoms in total. The fraction of sp³-hybridized carbons (Fsp3) is 0.375. The minimum atomic E-state index is -0.936. The maximum Gasteiger partial charge on any atom is 0.305 e. The van der Waals surface area contributed by atoms with E-state index >= 15 is 0 Å². The number of aliphatic carboxylic acids is 1. The molecule has 0 radical (unpaired) electrons. The normalized spacial score (nSPS) is 10.1. The van der Waals surface area contributed by atoms with Gasteiger partial charge in [0.2, 0.25) is 0 Å². The van der Waals surface area contributed by atoms with Crippen molar-refractivity contribution < 1.29 is 9.90 Å². The number of aryl methyl sites for hydroxylation is 2. The maximum atomic E-state index is 11.5. The van der Waals surface area contributed by atoms with Gasteiger partial charge in [0.1, 0.15) is 4.47 Å². The lowest BCUT2D eigenvalue weighted by Gasteiger charge is -2.04. The molecular weight excluding hydrogens is 252 g/mol. The molecule has 0 aromatic carbocycles. The molecule has 0 amide bonds. The summed E-state index contributed by atoms with van der Waals surface area (Å²) in [6.07, 6.45) is 1.27. The van der Waals surface area contributed by atoms with E-state index in [0.29, 0.717) is 10.2 Å². The summed E-state index contributed by atoms with van der Waals surface area (Å²) in [5.74, 6) is -0.936. The second kappa shape index (κ2) is 4.36. The zero-order valence-electron chi connectivity index (χ0n) is 7.53. The van der Waals surface area contributed by atoms with Crippen molar-refractivity contribution in [2.45, 2.75) is 19.9 Å². The molecule has 0 fully saturated rings. The number of nitrogens with zero attached hydrogens (tertiary/aromatic N) is 2.